The second-order valence-electron chi connectivity index (χ2n) is 5.03. The Morgan fingerprint density at radius 2 is 1.33 bits per heavy atom. The zero-order valence-corrected chi connectivity index (χ0v) is 13.5. The van der Waals surface area contributed by atoms with E-state index in [1.165, 1.54) is 18.2 Å². The predicted octanol–water partition coefficient (Wildman–Crippen LogP) is 3.60. The number of anilines is 1. The molecule has 3 aromatic carbocycles. The molecule has 0 aliphatic rings. The lowest BCUT2D eigenvalue weighted by molar-refractivity contribution is 0.482. The lowest BCUT2D eigenvalue weighted by atomic mass is 10.3. The summed E-state index contributed by atoms with van der Waals surface area (Å²) in [6.45, 7) is 0. The smallest absolute Gasteiger partial charge is 0.208 e. The molecule has 6 heteroatoms. The number of ether oxygens (including phenoxy) is 1. The summed E-state index contributed by atoms with van der Waals surface area (Å²) in [5.41, 5.74) is 2.76. The second-order valence-corrected chi connectivity index (χ2v) is 6.95. The highest BCUT2D eigenvalue weighted by atomic mass is 32.2. The molecular formula is C18H16N2O3S. The fourth-order valence-electron chi connectivity index (χ4n) is 2.26. The summed E-state index contributed by atoms with van der Waals surface area (Å²) in [6.07, 6.45) is 0. The van der Waals surface area contributed by atoms with E-state index in [-0.39, 0.29) is 9.79 Å². The van der Waals surface area contributed by atoms with Gasteiger partial charge in [-0.25, -0.2) is 8.42 Å². The Hall–Kier alpha value is -2.83. The van der Waals surface area contributed by atoms with Gasteiger partial charge in [-0.2, -0.15) is 0 Å². The molecule has 3 rings (SSSR count). The topological polar surface area (TPSA) is 81.4 Å². The molecule has 0 bridgehead atoms. The van der Waals surface area contributed by atoms with Crippen LogP contribution >= 0.6 is 0 Å². The van der Waals surface area contributed by atoms with Crippen LogP contribution in [0.4, 0.5) is 5.69 Å². The van der Waals surface area contributed by atoms with Crippen LogP contribution in [0.25, 0.3) is 0 Å². The van der Waals surface area contributed by atoms with Crippen molar-refractivity contribution in [2.45, 2.75) is 9.79 Å². The SMILES string of the molecule is NNc1ccccc1S(=O)(=O)c1ccc(Oc2ccccc2)cc1. The molecule has 0 atom stereocenters. The number of rotatable bonds is 5. The van der Waals surface area contributed by atoms with Gasteiger partial charge < -0.3 is 10.2 Å². The van der Waals surface area contributed by atoms with Gasteiger partial charge in [-0.3, -0.25) is 5.84 Å². The fourth-order valence-corrected chi connectivity index (χ4v) is 3.68. The monoisotopic (exact) mass is 340 g/mol. The van der Waals surface area contributed by atoms with Crippen molar-refractivity contribution in [3.63, 3.8) is 0 Å². The number of hydrazine groups is 1. The molecule has 0 saturated carbocycles. The highest BCUT2D eigenvalue weighted by molar-refractivity contribution is 7.91. The zero-order chi connectivity index (χ0) is 17.0. The highest BCUT2D eigenvalue weighted by Gasteiger charge is 2.20. The number of nitrogens with one attached hydrogen (secondary N) is 1. The zero-order valence-electron chi connectivity index (χ0n) is 12.7. The van der Waals surface area contributed by atoms with Crippen LogP contribution in [0.1, 0.15) is 0 Å². The highest BCUT2D eigenvalue weighted by Crippen LogP contribution is 2.29. The third-order valence-electron chi connectivity index (χ3n) is 3.45. The van der Waals surface area contributed by atoms with Crippen molar-refractivity contribution in [3.8, 4) is 11.5 Å². The van der Waals surface area contributed by atoms with Gasteiger partial charge in [0.2, 0.25) is 9.84 Å². The van der Waals surface area contributed by atoms with Crippen molar-refractivity contribution in [2.24, 2.45) is 5.84 Å². The summed E-state index contributed by atoms with van der Waals surface area (Å²) in [6, 6.07) is 22.0. The van der Waals surface area contributed by atoms with Gasteiger partial charge in [-0.05, 0) is 48.5 Å². The number of hydrogen-bond acceptors (Lipinski definition) is 5. The maximum atomic E-state index is 12.7. The minimum absolute atomic E-state index is 0.129. The van der Waals surface area contributed by atoms with E-state index in [2.05, 4.69) is 5.43 Å². The summed E-state index contributed by atoms with van der Waals surface area (Å²) in [5, 5.41) is 0. The molecule has 0 fully saturated rings. The maximum Gasteiger partial charge on any atom is 0.208 e. The van der Waals surface area contributed by atoms with Crippen molar-refractivity contribution in [1.82, 2.24) is 0 Å². The number of nitrogen functional groups attached to an aromatic ring is 1. The average Bonchev–Trinajstić information content (AvgIpc) is 2.63. The molecule has 24 heavy (non-hydrogen) atoms. The van der Waals surface area contributed by atoms with Gasteiger partial charge in [0.05, 0.1) is 15.5 Å². The van der Waals surface area contributed by atoms with Crippen LogP contribution in [0.3, 0.4) is 0 Å². The third kappa shape index (κ3) is 3.24. The molecular weight excluding hydrogens is 324 g/mol. The molecule has 3 N–H and O–H groups in total. The van der Waals surface area contributed by atoms with Gasteiger partial charge in [-0.1, -0.05) is 30.3 Å². The van der Waals surface area contributed by atoms with Crippen LogP contribution in [-0.4, -0.2) is 8.42 Å². The van der Waals surface area contributed by atoms with E-state index in [0.717, 1.165) is 0 Å². The maximum absolute atomic E-state index is 12.7. The van der Waals surface area contributed by atoms with Crippen molar-refractivity contribution >= 4 is 15.5 Å². The second kappa shape index (κ2) is 6.74. The molecule has 0 heterocycles. The van der Waals surface area contributed by atoms with Gasteiger partial charge in [0.25, 0.3) is 0 Å². The fraction of sp³-hybridized carbons (Fsp3) is 0. The molecule has 122 valence electrons. The Balaban J connectivity index is 1.90. The third-order valence-corrected chi connectivity index (χ3v) is 5.27. The first-order valence-electron chi connectivity index (χ1n) is 7.25. The van der Waals surface area contributed by atoms with Crippen molar-refractivity contribution in [2.75, 3.05) is 5.43 Å². The van der Waals surface area contributed by atoms with Gasteiger partial charge in [-0.15, -0.1) is 0 Å². The molecule has 5 nitrogen and oxygen atoms in total. The lowest BCUT2D eigenvalue weighted by Gasteiger charge is -2.10. The van der Waals surface area contributed by atoms with E-state index >= 15 is 0 Å². The van der Waals surface area contributed by atoms with Crippen LogP contribution in [0.5, 0.6) is 11.5 Å². The molecule has 0 saturated heterocycles. The predicted molar refractivity (Wildman–Crippen MR) is 92.7 cm³/mol. The van der Waals surface area contributed by atoms with Crippen LogP contribution in [-0.2, 0) is 9.84 Å². The van der Waals surface area contributed by atoms with Gasteiger partial charge in [0.1, 0.15) is 11.5 Å². The Morgan fingerprint density at radius 3 is 2.00 bits per heavy atom. The summed E-state index contributed by atoms with van der Waals surface area (Å²) in [5.74, 6) is 6.65. The average molecular weight is 340 g/mol. The Bertz CT molecular complexity index is 924. The van der Waals surface area contributed by atoms with Crippen molar-refractivity contribution in [1.29, 1.82) is 0 Å². The molecule has 0 spiro atoms. The van der Waals surface area contributed by atoms with E-state index in [1.807, 2.05) is 30.3 Å². The van der Waals surface area contributed by atoms with E-state index in [0.29, 0.717) is 17.2 Å². The quantitative estimate of drug-likeness (QED) is 0.548. The van der Waals surface area contributed by atoms with Gasteiger partial charge in [0.15, 0.2) is 0 Å². The van der Waals surface area contributed by atoms with Crippen molar-refractivity contribution in [3.05, 3.63) is 78.9 Å². The molecule has 0 amide bonds. The minimum Gasteiger partial charge on any atom is -0.457 e. The van der Waals surface area contributed by atoms with Crippen LogP contribution in [0, 0.1) is 0 Å². The number of para-hydroxylation sites is 2. The van der Waals surface area contributed by atoms with E-state index < -0.39 is 9.84 Å². The molecule has 0 aliphatic heterocycles. The molecule has 3 aromatic rings. The molecule has 0 aromatic heterocycles. The number of nitrogens with two attached hydrogens (primary N) is 1. The molecule has 0 unspecified atom stereocenters. The van der Waals surface area contributed by atoms with E-state index in [9.17, 15) is 8.42 Å². The normalized spacial score (nSPS) is 11.0. The number of hydrogen-bond donors (Lipinski definition) is 2. The van der Waals surface area contributed by atoms with Crippen LogP contribution in [0.2, 0.25) is 0 Å². The molecule has 0 radical (unpaired) electrons. The summed E-state index contributed by atoms with van der Waals surface area (Å²) < 4.78 is 31.2. The number of sulfone groups is 1. The van der Waals surface area contributed by atoms with Gasteiger partial charge >= 0.3 is 0 Å². The standard InChI is InChI=1S/C18H16N2O3S/c19-20-17-8-4-5-9-18(17)24(21,22)16-12-10-15(11-13-16)23-14-6-2-1-3-7-14/h1-13,20H,19H2. The van der Waals surface area contributed by atoms with Crippen molar-refractivity contribution < 1.29 is 13.2 Å². The molecule has 0 aliphatic carbocycles. The Labute approximate surface area is 140 Å². The summed E-state index contributed by atoms with van der Waals surface area (Å²) in [7, 11) is -3.67. The van der Waals surface area contributed by atoms with E-state index in [4.69, 9.17) is 10.6 Å². The van der Waals surface area contributed by atoms with Crippen LogP contribution in [0.15, 0.2) is 88.7 Å². The largest absolute Gasteiger partial charge is 0.457 e. The Kier molecular flexibility index (Phi) is 4.50. The van der Waals surface area contributed by atoms with Gasteiger partial charge in [0, 0.05) is 0 Å². The Morgan fingerprint density at radius 1 is 0.750 bits per heavy atom. The first kappa shape index (κ1) is 16.0. The first-order valence-corrected chi connectivity index (χ1v) is 8.73. The summed E-state index contributed by atoms with van der Waals surface area (Å²) in [4.78, 5) is 0.301. The first-order chi connectivity index (χ1) is 11.6. The number of benzene rings is 3. The van der Waals surface area contributed by atoms with E-state index in [1.54, 1.807) is 30.3 Å². The van der Waals surface area contributed by atoms with Crippen LogP contribution < -0.4 is 16.0 Å². The minimum atomic E-state index is -3.67. The lowest BCUT2D eigenvalue weighted by Crippen LogP contribution is -2.12. The summed E-state index contributed by atoms with van der Waals surface area (Å²) >= 11 is 0.